The van der Waals surface area contributed by atoms with Crippen LogP contribution in [-0.4, -0.2) is 6.54 Å². The van der Waals surface area contributed by atoms with Gasteiger partial charge in [-0.15, -0.1) is 0 Å². The Morgan fingerprint density at radius 1 is 1.17 bits per heavy atom. The minimum Gasteiger partial charge on any atom is -0.307 e. The van der Waals surface area contributed by atoms with Crippen LogP contribution in [0.3, 0.4) is 0 Å². The van der Waals surface area contributed by atoms with Crippen LogP contribution in [0.4, 0.5) is 0 Å². The molecule has 0 amide bonds. The first kappa shape index (κ1) is 6.67. The Labute approximate surface area is 72.8 Å². The SMILES string of the molecule is c1ccc2c(c1)CCC21CCN1. The third kappa shape index (κ3) is 0.674. The lowest BCUT2D eigenvalue weighted by atomic mass is 9.82. The van der Waals surface area contributed by atoms with Gasteiger partial charge in [-0.2, -0.15) is 0 Å². The maximum Gasteiger partial charge on any atom is 0.0452 e. The van der Waals surface area contributed by atoms with Crippen LogP contribution < -0.4 is 5.32 Å². The molecule has 1 fully saturated rings. The van der Waals surface area contributed by atoms with Crippen LogP contribution in [0.5, 0.6) is 0 Å². The number of benzene rings is 1. The lowest BCUT2D eigenvalue weighted by molar-refractivity contribution is 0.210. The molecular weight excluding hydrogens is 146 g/mol. The van der Waals surface area contributed by atoms with E-state index < -0.39 is 0 Å². The van der Waals surface area contributed by atoms with Crippen molar-refractivity contribution < 1.29 is 0 Å². The number of fused-ring (bicyclic) bond motifs is 2. The lowest BCUT2D eigenvalue weighted by Crippen LogP contribution is -2.52. The summed E-state index contributed by atoms with van der Waals surface area (Å²) >= 11 is 0. The third-order valence-corrected chi connectivity index (χ3v) is 3.37. The monoisotopic (exact) mass is 159 g/mol. The van der Waals surface area contributed by atoms with Gasteiger partial charge in [0.25, 0.3) is 0 Å². The second kappa shape index (κ2) is 2.11. The highest BCUT2D eigenvalue weighted by Gasteiger charge is 2.42. The molecule has 1 nitrogen and oxygen atoms in total. The van der Waals surface area contributed by atoms with Crippen molar-refractivity contribution in [2.45, 2.75) is 24.8 Å². The van der Waals surface area contributed by atoms with Crippen molar-refractivity contribution in [3.05, 3.63) is 35.4 Å². The predicted molar refractivity (Wildman–Crippen MR) is 49.1 cm³/mol. The highest BCUT2D eigenvalue weighted by atomic mass is 15.1. The number of rotatable bonds is 0. The van der Waals surface area contributed by atoms with E-state index in [1.54, 1.807) is 11.1 Å². The van der Waals surface area contributed by atoms with E-state index in [1.807, 2.05) is 0 Å². The van der Waals surface area contributed by atoms with Gasteiger partial charge in [-0.1, -0.05) is 24.3 Å². The second-order valence-electron chi connectivity index (χ2n) is 3.92. The topological polar surface area (TPSA) is 12.0 Å². The molecule has 1 N–H and O–H groups in total. The Bertz CT molecular complexity index is 313. The lowest BCUT2D eigenvalue weighted by Gasteiger charge is -2.41. The van der Waals surface area contributed by atoms with Gasteiger partial charge in [-0.3, -0.25) is 0 Å². The van der Waals surface area contributed by atoms with Gasteiger partial charge < -0.3 is 5.32 Å². The van der Waals surface area contributed by atoms with Crippen LogP contribution >= 0.6 is 0 Å². The van der Waals surface area contributed by atoms with Gasteiger partial charge in [0, 0.05) is 5.54 Å². The summed E-state index contributed by atoms with van der Waals surface area (Å²) in [5.41, 5.74) is 3.53. The number of hydrogen-bond donors (Lipinski definition) is 1. The summed E-state index contributed by atoms with van der Waals surface area (Å²) in [5, 5.41) is 3.58. The Morgan fingerprint density at radius 2 is 2.00 bits per heavy atom. The van der Waals surface area contributed by atoms with Crippen LogP contribution in [0.2, 0.25) is 0 Å². The summed E-state index contributed by atoms with van der Waals surface area (Å²) in [7, 11) is 0. The van der Waals surface area contributed by atoms with Crippen molar-refractivity contribution in [3.8, 4) is 0 Å². The van der Waals surface area contributed by atoms with Gasteiger partial charge in [0.2, 0.25) is 0 Å². The van der Waals surface area contributed by atoms with Crippen molar-refractivity contribution in [1.29, 1.82) is 0 Å². The smallest absolute Gasteiger partial charge is 0.0452 e. The zero-order valence-corrected chi connectivity index (χ0v) is 7.14. The van der Waals surface area contributed by atoms with E-state index in [9.17, 15) is 0 Å². The average Bonchev–Trinajstić information content (AvgIpc) is 2.42. The number of aryl methyl sites for hydroxylation is 1. The number of nitrogens with one attached hydrogen (secondary N) is 1. The molecule has 2 aliphatic rings. The van der Waals surface area contributed by atoms with Gasteiger partial charge in [0.05, 0.1) is 0 Å². The minimum atomic E-state index is 0.399. The summed E-state index contributed by atoms with van der Waals surface area (Å²) in [4.78, 5) is 0. The van der Waals surface area contributed by atoms with Crippen molar-refractivity contribution in [2.75, 3.05) is 6.54 Å². The molecule has 1 aliphatic carbocycles. The zero-order valence-electron chi connectivity index (χ0n) is 7.14. The van der Waals surface area contributed by atoms with Crippen molar-refractivity contribution >= 4 is 0 Å². The van der Waals surface area contributed by atoms with E-state index in [1.165, 1.54) is 25.8 Å². The maximum absolute atomic E-state index is 3.58. The van der Waals surface area contributed by atoms with Gasteiger partial charge in [0.15, 0.2) is 0 Å². The second-order valence-corrected chi connectivity index (χ2v) is 3.92. The van der Waals surface area contributed by atoms with Crippen LogP contribution in [0.25, 0.3) is 0 Å². The molecule has 1 aliphatic heterocycles. The molecule has 62 valence electrons. The van der Waals surface area contributed by atoms with Crippen LogP contribution in [0, 0.1) is 0 Å². The third-order valence-electron chi connectivity index (χ3n) is 3.37. The molecule has 1 heterocycles. The van der Waals surface area contributed by atoms with Gasteiger partial charge >= 0.3 is 0 Å². The molecule has 1 atom stereocenters. The van der Waals surface area contributed by atoms with Crippen LogP contribution in [-0.2, 0) is 12.0 Å². The Kier molecular flexibility index (Phi) is 1.17. The van der Waals surface area contributed by atoms with Crippen molar-refractivity contribution in [3.63, 3.8) is 0 Å². The molecule has 0 saturated carbocycles. The fourth-order valence-corrected chi connectivity index (χ4v) is 2.56. The van der Waals surface area contributed by atoms with Crippen molar-refractivity contribution in [2.24, 2.45) is 0 Å². The molecule has 12 heavy (non-hydrogen) atoms. The van der Waals surface area contributed by atoms with Crippen LogP contribution in [0.1, 0.15) is 24.0 Å². The molecule has 0 radical (unpaired) electrons. The molecule has 0 aromatic heterocycles. The molecule has 1 spiro atoms. The van der Waals surface area contributed by atoms with Gasteiger partial charge in [-0.25, -0.2) is 0 Å². The van der Waals surface area contributed by atoms with E-state index in [0.717, 1.165) is 0 Å². The molecule has 1 heteroatoms. The number of hydrogen-bond acceptors (Lipinski definition) is 1. The molecule has 1 aromatic carbocycles. The largest absolute Gasteiger partial charge is 0.307 e. The Balaban J connectivity index is 2.13. The summed E-state index contributed by atoms with van der Waals surface area (Å²) in [6, 6.07) is 8.86. The van der Waals surface area contributed by atoms with Crippen LogP contribution in [0.15, 0.2) is 24.3 Å². The van der Waals surface area contributed by atoms with E-state index in [4.69, 9.17) is 0 Å². The molecule has 1 aromatic rings. The Morgan fingerprint density at radius 3 is 2.75 bits per heavy atom. The summed E-state index contributed by atoms with van der Waals surface area (Å²) < 4.78 is 0. The molecule has 0 bridgehead atoms. The molecule has 1 saturated heterocycles. The summed E-state index contributed by atoms with van der Waals surface area (Å²) in [6.45, 7) is 1.20. The molecular formula is C11H13N. The fraction of sp³-hybridized carbons (Fsp3) is 0.455. The maximum atomic E-state index is 3.58. The first-order valence-electron chi connectivity index (χ1n) is 4.74. The normalized spacial score (nSPS) is 31.7. The summed E-state index contributed by atoms with van der Waals surface area (Å²) in [6.07, 6.45) is 3.92. The fourth-order valence-electron chi connectivity index (χ4n) is 2.56. The summed E-state index contributed by atoms with van der Waals surface area (Å²) in [5.74, 6) is 0. The minimum absolute atomic E-state index is 0.399. The standard InChI is InChI=1S/C11H13N/c1-2-4-10-9(3-1)5-6-11(10)7-8-12-11/h1-4,12H,5-8H2. The van der Waals surface area contributed by atoms with Crippen molar-refractivity contribution in [1.82, 2.24) is 5.32 Å². The van der Waals surface area contributed by atoms with E-state index in [0.29, 0.717) is 5.54 Å². The van der Waals surface area contributed by atoms with E-state index >= 15 is 0 Å². The zero-order chi connectivity index (χ0) is 8.02. The highest BCUT2D eigenvalue weighted by molar-refractivity contribution is 5.40. The van der Waals surface area contributed by atoms with Gasteiger partial charge in [0.1, 0.15) is 0 Å². The molecule has 3 rings (SSSR count). The first-order valence-corrected chi connectivity index (χ1v) is 4.74. The van der Waals surface area contributed by atoms with Gasteiger partial charge in [-0.05, 0) is 36.9 Å². The van der Waals surface area contributed by atoms with E-state index in [2.05, 4.69) is 29.6 Å². The first-order chi connectivity index (χ1) is 5.91. The Hall–Kier alpha value is -0.820. The predicted octanol–water partition coefficient (Wildman–Crippen LogP) is 1.82. The average molecular weight is 159 g/mol. The van der Waals surface area contributed by atoms with E-state index in [-0.39, 0.29) is 0 Å². The quantitative estimate of drug-likeness (QED) is 0.609. The highest BCUT2D eigenvalue weighted by Crippen LogP contribution is 2.42. The molecule has 1 unspecified atom stereocenters.